The first-order valence-corrected chi connectivity index (χ1v) is 9.77. The first kappa shape index (κ1) is 18.7. The summed E-state index contributed by atoms with van der Waals surface area (Å²) in [5.74, 6) is 1.91. The fraction of sp³-hybridized carbons (Fsp3) is 0.529. The van der Waals surface area contributed by atoms with E-state index in [0.29, 0.717) is 49.1 Å². The van der Waals surface area contributed by atoms with Crippen molar-refractivity contribution in [1.29, 1.82) is 0 Å². The van der Waals surface area contributed by atoms with Crippen LogP contribution in [-0.2, 0) is 15.4 Å². The molecule has 1 aromatic heterocycles. The van der Waals surface area contributed by atoms with Crippen molar-refractivity contribution in [2.75, 3.05) is 27.3 Å². The molecule has 0 N–H and O–H groups in total. The van der Waals surface area contributed by atoms with Gasteiger partial charge < -0.3 is 14.0 Å². The highest BCUT2D eigenvalue weighted by molar-refractivity contribution is 7.89. The van der Waals surface area contributed by atoms with E-state index in [2.05, 4.69) is 10.1 Å². The molecular formula is C17H23N3O5S. The minimum atomic E-state index is -3.70. The van der Waals surface area contributed by atoms with E-state index in [1.54, 1.807) is 19.1 Å². The predicted molar refractivity (Wildman–Crippen MR) is 93.9 cm³/mol. The van der Waals surface area contributed by atoms with E-state index in [0.717, 1.165) is 0 Å². The lowest BCUT2D eigenvalue weighted by Crippen LogP contribution is -2.44. The molecule has 3 rings (SSSR count). The van der Waals surface area contributed by atoms with E-state index in [1.165, 1.54) is 24.6 Å². The third-order valence-corrected chi connectivity index (χ3v) is 6.80. The topological polar surface area (TPSA) is 94.8 Å². The number of aromatic nitrogens is 2. The average Bonchev–Trinajstić information content (AvgIpc) is 3.09. The Morgan fingerprint density at radius 2 is 1.88 bits per heavy atom. The number of ether oxygens (including phenoxy) is 2. The van der Waals surface area contributed by atoms with Gasteiger partial charge in [-0.2, -0.15) is 9.29 Å². The van der Waals surface area contributed by atoms with Gasteiger partial charge in [-0.3, -0.25) is 0 Å². The van der Waals surface area contributed by atoms with Gasteiger partial charge in [-0.05, 0) is 25.0 Å². The van der Waals surface area contributed by atoms with E-state index in [9.17, 15) is 8.42 Å². The molecule has 8 nitrogen and oxygen atoms in total. The van der Waals surface area contributed by atoms with Gasteiger partial charge in [0.1, 0.15) is 16.4 Å². The Kier molecular flexibility index (Phi) is 4.94. The molecule has 1 aromatic carbocycles. The lowest BCUT2D eigenvalue weighted by Gasteiger charge is -2.36. The summed E-state index contributed by atoms with van der Waals surface area (Å²) in [4.78, 5) is 4.43. The zero-order valence-electron chi connectivity index (χ0n) is 15.4. The van der Waals surface area contributed by atoms with Crippen molar-refractivity contribution in [2.45, 2.75) is 37.0 Å². The molecule has 142 valence electrons. The monoisotopic (exact) mass is 381 g/mol. The second-order valence-electron chi connectivity index (χ2n) is 6.62. The molecule has 26 heavy (non-hydrogen) atoms. The van der Waals surface area contributed by atoms with Crippen LogP contribution in [0.4, 0.5) is 0 Å². The van der Waals surface area contributed by atoms with Crippen LogP contribution in [0.25, 0.3) is 0 Å². The van der Waals surface area contributed by atoms with Crippen LogP contribution >= 0.6 is 0 Å². The van der Waals surface area contributed by atoms with Crippen molar-refractivity contribution >= 4 is 10.0 Å². The van der Waals surface area contributed by atoms with Gasteiger partial charge in [0, 0.05) is 31.5 Å². The number of piperidine rings is 1. The maximum absolute atomic E-state index is 13.1. The lowest BCUT2D eigenvalue weighted by atomic mass is 9.80. The Morgan fingerprint density at radius 3 is 2.42 bits per heavy atom. The summed E-state index contributed by atoms with van der Waals surface area (Å²) in [7, 11) is -0.752. The zero-order valence-corrected chi connectivity index (χ0v) is 16.2. The van der Waals surface area contributed by atoms with Crippen molar-refractivity contribution in [2.24, 2.45) is 0 Å². The highest BCUT2D eigenvalue weighted by Gasteiger charge is 2.40. The van der Waals surface area contributed by atoms with Crippen molar-refractivity contribution in [3.63, 3.8) is 0 Å². The first-order valence-electron chi connectivity index (χ1n) is 8.33. The molecule has 0 atom stereocenters. The van der Waals surface area contributed by atoms with E-state index in [1.807, 2.05) is 6.92 Å². The summed E-state index contributed by atoms with van der Waals surface area (Å²) in [6.07, 6.45) is 1.22. The Balaban J connectivity index is 1.84. The molecule has 0 saturated carbocycles. The van der Waals surface area contributed by atoms with Crippen molar-refractivity contribution in [3.8, 4) is 11.5 Å². The van der Waals surface area contributed by atoms with Crippen LogP contribution < -0.4 is 9.47 Å². The minimum absolute atomic E-state index is 0.110. The maximum Gasteiger partial charge on any atom is 0.246 e. The number of methoxy groups -OCH3 is 2. The van der Waals surface area contributed by atoms with Gasteiger partial charge in [-0.25, -0.2) is 8.42 Å². The summed E-state index contributed by atoms with van der Waals surface area (Å²) >= 11 is 0. The Hall–Kier alpha value is -2.13. The van der Waals surface area contributed by atoms with Gasteiger partial charge in [0.2, 0.25) is 15.9 Å². The summed E-state index contributed by atoms with van der Waals surface area (Å²) in [6, 6.07) is 4.76. The fourth-order valence-electron chi connectivity index (χ4n) is 3.11. The van der Waals surface area contributed by atoms with Gasteiger partial charge in [-0.15, -0.1) is 0 Å². The third kappa shape index (κ3) is 3.28. The van der Waals surface area contributed by atoms with E-state index in [-0.39, 0.29) is 10.3 Å². The zero-order chi connectivity index (χ0) is 18.9. The SMILES string of the molecule is COc1ccc(OC)c(S(=O)(=O)N2CCC(C)(c3noc(C)n3)CC2)c1. The molecule has 1 saturated heterocycles. The quantitative estimate of drug-likeness (QED) is 0.783. The van der Waals surface area contributed by atoms with E-state index >= 15 is 0 Å². The molecule has 0 radical (unpaired) electrons. The van der Waals surface area contributed by atoms with Gasteiger partial charge in [0.25, 0.3) is 0 Å². The normalized spacial score (nSPS) is 17.8. The van der Waals surface area contributed by atoms with Crippen molar-refractivity contribution in [1.82, 2.24) is 14.4 Å². The third-order valence-electron chi connectivity index (χ3n) is 4.88. The summed E-state index contributed by atoms with van der Waals surface area (Å²) in [5, 5.41) is 4.02. The number of sulfonamides is 1. The Labute approximate surface area is 153 Å². The lowest BCUT2D eigenvalue weighted by molar-refractivity contribution is 0.233. The van der Waals surface area contributed by atoms with Crippen LogP contribution in [0.1, 0.15) is 31.5 Å². The highest BCUT2D eigenvalue weighted by Crippen LogP contribution is 2.37. The molecule has 0 amide bonds. The second-order valence-corrected chi connectivity index (χ2v) is 8.52. The van der Waals surface area contributed by atoms with Crippen LogP contribution in [-0.4, -0.2) is 50.2 Å². The molecule has 1 aliphatic heterocycles. The number of nitrogens with zero attached hydrogens (tertiary/aromatic N) is 3. The minimum Gasteiger partial charge on any atom is -0.497 e. The van der Waals surface area contributed by atoms with E-state index in [4.69, 9.17) is 14.0 Å². The first-order chi connectivity index (χ1) is 12.3. The molecule has 0 unspecified atom stereocenters. The fourth-order valence-corrected chi connectivity index (χ4v) is 4.72. The molecule has 0 aliphatic carbocycles. The molecule has 2 heterocycles. The van der Waals surface area contributed by atoms with Gasteiger partial charge in [0.05, 0.1) is 14.2 Å². The number of benzene rings is 1. The van der Waals surface area contributed by atoms with Gasteiger partial charge >= 0.3 is 0 Å². The summed E-state index contributed by atoms with van der Waals surface area (Å²) < 4.78 is 43.2. The maximum atomic E-state index is 13.1. The molecular weight excluding hydrogens is 358 g/mol. The predicted octanol–water partition coefficient (Wildman–Crippen LogP) is 2.14. The second kappa shape index (κ2) is 6.88. The van der Waals surface area contributed by atoms with Crippen LogP contribution in [0.5, 0.6) is 11.5 Å². The van der Waals surface area contributed by atoms with Crippen molar-refractivity contribution in [3.05, 3.63) is 29.9 Å². The van der Waals surface area contributed by atoms with Crippen molar-refractivity contribution < 1.29 is 22.4 Å². The molecule has 0 bridgehead atoms. The Bertz CT molecular complexity index is 886. The summed E-state index contributed by atoms with van der Waals surface area (Å²) in [5.41, 5.74) is -0.303. The molecule has 1 fully saturated rings. The largest absolute Gasteiger partial charge is 0.497 e. The number of rotatable bonds is 5. The molecule has 1 aliphatic rings. The van der Waals surface area contributed by atoms with Crippen LogP contribution in [0.3, 0.4) is 0 Å². The number of hydrogen-bond acceptors (Lipinski definition) is 7. The van der Waals surface area contributed by atoms with Gasteiger partial charge in [0.15, 0.2) is 5.82 Å². The molecule has 0 spiro atoms. The summed E-state index contributed by atoms with van der Waals surface area (Å²) in [6.45, 7) is 4.52. The average molecular weight is 381 g/mol. The van der Waals surface area contributed by atoms with Crippen LogP contribution in [0.2, 0.25) is 0 Å². The van der Waals surface area contributed by atoms with Crippen LogP contribution in [0, 0.1) is 6.92 Å². The standard InChI is InChI=1S/C17H23N3O5S/c1-12-18-16(19-25-12)17(2)7-9-20(10-8-17)26(21,22)15-11-13(23-3)5-6-14(15)24-4/h5-6,11H,7-10H2,1-4H3. The number of aryl methyl sites for hydroxylation is 1. The smallest absolute Gasteiger partial charge is 0.246 e. The highest BCUT2D eigenvalue weighted by atomic mass is 32.2. The van der Waals surface area contributed by atoms with Gasteiger partial charge in [-0.1, -0.05) is 12.1 Å². The Morgan fingerprint density at radius 1 is 1.19 bits per heavy atom. The van der Waals surface area contributed by atoms with Crippen LogP contribution in [0.15, 0.2) is 27.6 Å². The molecule has 9 heteroatoms. The van der Waals surface area contributed by atoms with E-state index < -0.39 is 10.0 Å². The number of hydrogen-bond donors (Lipinski definition) is 0. The molecule has 2 aromatic rings.